The van der Waals surface area contributed by atoms with Crippen LogP contribution >= 0.6 is 23.5 Å². The zero-order valence-corrected chi connectivity index (χ0v) is 18.8. The van der Waals surface area contributed by atoms with Gasteiger partial charge < -0.3 is 24.2 Å². The minimum atomic E-state index is 0.576. The Kier molecular flexibility index (Phi) is 8.66. The van der Waals surface area contributed by atoms with E-state index in [4.69, 9.17) is 14.2 Å². The molecule has 2 N–H and O–H groups in total. The molecule has 0 saturated carbocycles. The molecule has 0 atom stereocenters. The molecule has 0 aliphatic heterocycles. The first kappa shape index (κ1) is 22.2. The van der Waals surface area contributed by atoms with Crippen LogP contribution in [0.15, 0.2) is 58.8 Å². The van der Waals surface area contributed by atoms with Crippen molar-refractivity contribution < 1.29 is 14.2 Å². The molecule has 0 aliphatic carbocycles. The summed E-state index contributed by atoms with van der Waals surface area (Å²) < 4.78 is 16.8. The normalized spacial score (nSPS) is 11.6. The molecule has 2 aromatic heterocycles. The number of rotatable bonds is 14. The number of hydrogen-bond donors (Lipinski definition) is 2. The average molecular weight is 459 g/mol. The Morgan fingerprint density at radius 2 is 1.00 bits per heavy atom. The molecule has 0 aliphatic rings. The summed E-state index contributed by atoms with van der Waals surface area (Å²) in [5.74, 6) is 1.71. The van der Waals surface area contributed by atoms with Crippen molar-refractivity contribution in [2.75, 3.05) is 51.1 Å². The van der Waals surface area contributed by atoms with Gasteiger partial charge in [-0.2, -0.15) is 0 Å². The topological polar surface area (TPSA) is 85.0 Å². The van der Waals surface area contributed by atoms with Crippen LogP contribution in [0.3, 0.4) is 0 Å². The zero-order valence-electron chi connectivity index (χ0n) is 17.2. The lowest BCUT2D eigenvalue weighted by Gasteiger charge is -2.06. The van der Waals surface area contributed by atoms with Crippen LogP contribution in [0, 0.1) is 0 Å². The van der Waals surface area contributed by atoms with Crippen molar-refractivity contribution in [2.45, 2.75) is 10.3 Å². The van der Waals surface area contributed by atoms with Crippen molar-refractivity contribution >= 4 is 45.6 Å². The zero-order chi connectivity index (χ0) is 21.1. The number of H-pyrrole nitrogens is 2. The quantitative estimate of drug-likeness (QED) is 0.214. The molecule has 4 rings (SSSR count). The average Bonchev–Trinajstić information content (AvgIpc) is 3.40. The van der Waals surface area contributed by atoms with E-state index in [1.54, 1.807) is 23.5 Å². The van der Waals surface area contributed by atoms with Crippen LogP contribution in [-0.2, 0) is 14.2 Å². The van der Waals surface area contributed by atoms with Crippen molar-refractivity contribution in [1.29, 1.82) is 0 Å². The number of ether oxygens (including phenoxy) is 3. The number of imidazole rings is 2. The first-order valence-corrected chi connectivity index (χ1v) is 12.2. The molecule has 2 heterocycles. The van der Waals surface area contributed by atoms with Crippen LogP contribution < -0.4 is 0 Å². The molecule has 0 spiro atoms. The Balaban J connectivity index is 0.951. The summed E-state index contributed by atoms with van der Waals surface area (Å²) in [6.07, 6.45) is 0. The second-order valence-corrected chi connectivity index (χ2v) is 8.82. The summed E-state index contributed by atoms with van der Waals surface area (Å²) in [4.78, 5) is 15.7. The Morgan fingerprint density at radius 1 is 0.581 bits per heavy atom. The van der Waals surface area contributed by atoms with E-state index in [-0.39, 0.29) is 0 Å². The highest BCUT2D eigenvalue weighted by Crippen LogP contribution is 2.19. The molecule has 164 valence electrons. The molecule has 31 heavy (non-hydrogen) atoms. The minimum Gasteiger partial charge on any atom is -0.378 e. The minimum absolute atomic E-state index is 0.576. The smallest absolute Gasteiger partial charge is 0.166 e. The summed E-state index contributed by atoms with van der Waals surface area (Å²) in [5, 5.41) is 1.85. The maximum absolute atomic E-state index is 5.61. The van der Waals surface area contributed by atoms with Crippen LogP contribution in [0.25, 0.3) is 22.1 Å². The van der Waals surface area contributed by atoms with Crippen molar-refractivity contribution in [3.63, 3.8) is 0 Å². The van der Waals surface area contributed by atoms with Gasteiger partial charge in [0.25, 0.3) is 0 Å². The third-order valence-corrected chi connectivity index (χ3v) is 6.09. The Morgan fingerprint density at radius 3 is 1.45 bits per heavy atom. The standard InChI is InChI=1S/C22H26N4O3S2/c1-2-6-18-17(5-1)23-21(24-18)30-15-13-28-11-9-27-10-12-29-14-16-31-22-25-19-7-3-4-8-20(19)26-22/h1-8H,9-16H2,(H,23,24)(H,25,26). The number of thioether (sulfide) groups is 2. The number of hydrogen-bond acceptors (Lipinski definition) is 7. The fourth-order valence-corrected chi connectivity index (χ4v) is 4.41. The maximum Gasteiger partial charge on any atom is 0.166 e. The van der Waals surface area contributed by atoms with Gasteiger partial charge in [-0.1, -0.05) is 47.8 Å². The van der Waals surface area contributed by atoms with E-state index in [2.05, 4.69) is 19.9 Å². The molecule has 2 aromatic carbocycles. The second-order valence-electron chi connectivity index (χ2n) is 6.65. The molecule has 0 unspecified atom stereocenters. The fraction of sp³-hybridized carbons (Fsp3) is 0.364. The predicted octanol–water partition coefficient (Wildman–Crippen LogP) is 4.37. The van der Waals surface area contributed by atoms with Gasteiger partial charge in [-0.05, 0) is 24.3 Å². The highest BCUT2D eigenvalue weighted by molar-refractivity contribution is 7.99. The Labute approximate surface area is 189 Å². The van der Waals surface area contributed by atoms with Gasteiger partial charge in [0.1, 0.15) is 0 Å². The number of nitrogens with one attached hydrogen (secondary N) is 2. The van der Waals surface area contributed by atoms with E-state index < -0.39 is 0 Å². The molecule has 4 aromatic rings. The van der Waals surface area contributed by atoms with Crippen molar-refractivity contribution in [1.82, 2.24) is 19.9 Å². The molecule has 7 nitrogen and oxygen atoms in total. The summed E-state index contributed by atoms with van der Waals surface area (Å²) in [7, 11) is 0. The highest BCUT2D eigenvalue weighted by atomic mass is 32.2. The van der Waals surface area contributed by atoms with Gasteiger partial charge in [0, 0.05) is 11.5 Å². The van der Waals surface area contributed by atoms with Crippen molar-refractivity contribution in [3.05, 3.63) is 48.5 Å². The van der Waals surface area contributed by atoms with E-state index in [1.165, 1.54) is 0 Å². The van der Waals surface area contributed by atoms with Crippen LogP contribution in [0.5, 0.6) is 0 Å². The second kappa shape index (κ2) is 12.1. The Bertz CT molecular complexity index is 919. The maximum atomic E-state index is 5.61. The molecule has 0 fully saturated rings. The fourth-order valence-electron chi connectivity index (χ4n) is 2.93. The van der Waals surface area contributed by atoms with Gasteiger partial charge >= 0.3 is 0 Å². The van der Waals surface area contributed by atoms with Gasteiger partial charge in [-0.25, -0.2) is 9.97 Å². The molecule has 0 radical (unpaired) electrons. The van der Waals surface area contributed by atoms with Crippen LogP contribution in [0.4, 0.5) is 0 Å². The number of para-hydroxylation sites is 4. The lowest BCUT2D eigenvalue weighted by atomic mass is 10.3. The van der Waals surface area contributed by atoms with Gasteiger partial charge in [-0.15, -0.1) is 0 Å². The number of nitrogens with zero attached hydrogens (tertiary/aromatic N) is 2. The van der Waals surface area contributed by atoms with Crippen molar-refractivity contribution in [3.8, 4) is 0 Å². The lowest BCUT2D eigenvalue weighted by Crippen LogP contribution is -2.11. The first-order valence-electron chi connectivity index (χ1n) is 10.3. The van der Waals surface area contributed by atoms with E-state index in [9.17, 15) is 0 Å². The summed E-state index contributed by atoms with van der Waals surface area (Å²) in [6.45, 7) is 3.66. The van der Waals surface area contributed by atoms with Crippen LogP contribution in [-0.4, -0.2) is 71.1 Å². The monoisotopic (exact) mass is 458 g/mol. The highest BCUT2D eigenvalue weighted by Gasteiger charge is 2.03. The SMILES string of the molecule is c1ccc2[nH]c(SCCOCCOCCOCCSc3nc4ccccc4[nH]3)nc2c1. The summed E-state index contributed by atoms with van der Waals surface area (Å²) >= 11 is 3.33. The van der Waals surface area contributed by atoms with Gasteiger partial charge in [0.2, 0.25) is 0 Å². The van der Waals surface area contributed by atoms with E-state index in [0.717, 1.165) is 43.9 Å². The number of aromatic amines is 2. The summed E-state index contributed by atoms with van der Waals surface area (Å²) in [6, 6.07) is 16.1. The third-order valence-electron chi connectivity index (χ3n) is 4.41. The van der Waals surface area contributed by atoms with E-state index in [0.29, 0.717) is 39.6 Å². The van der Waals surface area contributed by atoms with E-state index >= 15 is 0 Å². The third kappa shape index (κ3) is 6.98. The molecular weight excluding hydrogens is 432 g/mol. The predicted molar refractivity (Wildman–Crippen MR) is 126 cm³/mol. The first-order chi connectivity index (χ1) is 15.4. The Hall–Kier alpha value is -2.04. The van der Waals surface area contributed by atoms with Crippen LogP contribution in [0.1, 0.15) is 0 Å². The molecule has 0 bridgehead atoms. The van der Waals surface area contributed by atoms with Crippen molar-refractivity contribution in [2.24, 2.45) is 0 Å². The van der Waals surface area contributed by atoms with Gasteiger partial charge in [0.05, 0.1) is 61.7 Å². The van der Waals surface area contributed by atoms with Crippen LogP contribution in [0.2, 0.25) is 0 Å². The van der Waals surface area contributed by atoms with Gasteiger partial charge in [0.15, 0.2) is 10.3 Å². The number of aromatic nitrogens is 4. The summed E-state index contributed by atoms with van der Waals surface area (Å²) in [5.41, 5.74) is 4.12. The molecule has 0 amide bonds. The number of benzene rings is 2. The number of fused-ring (bicyclic) bond motifs is 2. The largest absolute Gasteiger partial charge is 0.378 e. The molecular formula is C22H26N4O3S2. The molecule has 9 heteroatoms. The van der Waals surface area contributed by atoms with E-state index in [1.807, 2.05) is 48.5 Å². The lowest BCUT2D eigenvalue weighted by molar-refractivity contribution is 0.0205. The molecule has 0 saturated heterocycles. The van der Waals surface area contributed by atoms with Gasteiger partial charge in [-0.3, -0.25) is 0 Å².